The molecule has 2 unspecified atom stereocenters. The van der Waals surface area contributed by atoms with Crippen LogP contribution in [0.15, 0.2) is 12.2 Å². The van der Waals surface area contributed by atoms with Gasteiger partial charge in [-0.25, -0.2) is 0 Å². The van der Waals surface area contributed by atoms with Gasteiger partial charge in [0.2, 0.25) is 0 Å². The van der Waals surface area contributed by atoms with Crippen molar-refractivity contribution in [2.24, 2.45) is 17.6 Å². The predicted octanol–water partition coefficient (Wildman–Crippen LogP) is 2.33. The van der Waals surface area contributed by atoms with Crippen molar-refractivity contribution in [2.45, 2.75) is 39.2 Å². The molecular weight excluding hydrogens is 134 g/mol. The van der Waals surface area contributed by atoms with Gasteiger partial charge in [0.05, 0.1) is 0 Å². The zero-order valence-corrected chi connectivity index (χ0v) is 7.59. The van der Waals surface area contributed by atoms with E-state index in [0.29, 0.717) is 12.0 Å². The maximum atomic E-state index is 5.79. The molecule has 1 nitrogen and oxygen atoms in total. The Morgan fingerprint density at radius 1 is 1.36 bits per heavy atom. The summed E-state index contributed by atoms with van der Waals surface area (Å²) in [4.78, 5) is 0. The first-order chi connectivity index (χ1) is 5.20. The fourth-order valence-electron chi connectivity index (χ4n) is 1.61. The number of allylic oxidation sites excluding steroid dienone is 2. The second-order valence-electron chi connectivity index (χ2n) is 3.88. The molecule has 0 spiro atoms. The molecule has 2 N–H and O–H groups in total. The van der Waals surface area contributed by atoms with E-state index < -0.39 is 0 Å². The maximum Gasteiger partial charge on any atom is 0.00362 e. The van der Waals surface area contributed by atoms with Crippen molar-refractivity contribution in [3.63, 3.8) is 0 Å². The third-order valence-electron chi connectivity index (χ3n) is 2.71. The van der Waals surface area contributed by atoms with Crippen molar-refractivity contribution in [1.29, 1.82) is 0 Å². The smallest absolute Gasteiger partial charge is 0.00362 e. The quantitative estimate of drug-likeness (QED) is 0.619. The van der Waals surface area contributed by atoms with Crippen LogP contribution in [-0.4, -0.2) is 6.04 Å². The average molecular weight is 153 g/mol. The second kappa shape index (κ2) is 3.91. The highest BCUT2D eigenvalue weighted by Crippen LogP contribution is 2.25. The zero-order chi connectivity index (χ0) is 8.27. The Hall–Kier alpha value is -0.300. The Balaban J connectivity index is 2.20. The van der Waals surface area contributed by atoms with E-state index in [2.05, 4.69) is 26.0 Å². The molecule has 0 amide bonds. The van der Waals surface area contributed by atoms with E-state index >= 15 is 0 Å². The first-order valence-electron chi connectivity index (χ1n) is 4.60. The normalized spacial score (nSPS) is 23.9. The van der Waals surface area contributed by atoms with Crippen LogP contribution >= 0.6 is 0 Å². The molecule has 0 aromatic carbocycles. The number of nitrogens with two attached hydrogens (primary N) is 1. The lowest BCUT2D eigenvalue weighted by Crippen LogP contribution is -2.25. The fraction of sp³-hybridized carbons (Fsp3) is 0.800. The third kappa shape index (κ3) is 2.66. The van der Waals surface area contributed by atoms with Crippen molar-refractivity contribution in [3.05, 3.63) is 12.2 Å². The molecule has 2 atom stereocenters. The minimum absolute atomic E-state index is 0.357. The molecule has 0 heterocycles. The van der Waals surface area contributed by atoms with E-state index in [1.807, 2.05) is 0 Å². The molecule has 0 aromatic heterocycles. The lowest BCUT2D eigenvalue weighted by molar-refractivity contribution is 0.365. The van der Waals surface area contributed by atoms with Crippen molar-refractivity contribution in [2.75, 3.05) is 0 Å². The van der Waals surface area contributed by atoms with Gasteiger partial charge in [-0.05, 0) is 38.0 Å². The summed E-state index contributed by atoms with van der Waals surface area (Å²) in [6.45, 7) is 4.36. The van der Waals surface area contributed by atoms with Gasteiger partial charge in [0, 0.05) is 6.04 Å². The van der Waals surface area contributed by atoms with Crippen LogP contribution < -0.4 is 5.73 Å². The van der Waals surface area contributed by atoms with Crippen molar-refractivity contribution in [3.8, 4) is 0 Å². The third-order valence-corrected chi connectivity index (χ3v) is 2.71. The van der Waals surface area contributed by atoms with Gasteiger partial charge in [-0.15, -0.1) is 0 Å². The van der Waals surface area contributed by atoms with E-state index in [9.17, 15) is 0 Å². The standard InChI is InChI=1S/C10H19N/c1-8(9(2)11)7-10-5-3-4-6-10/h3-4,8-10H,5-7,11H2,1-2H3. The lowest BCUT2D eigenvalue weighted by Gasteiger charge is -2.19. The highest BCUT2D eigenvalue weighted by molar-refractivity contribution is 4.94. The summed E-state index contributed by atoms with van der Waals surface area (Å²) in [5.74, 6) is 1.57. The Kier molecular flexibility index (Phi) is 3.13. The van der Waals surface area contributed by atoms with Gasteiger partial charge in [0.1, 0.15) is 0 Å². The van der Waals surface area contributed by atoms with E-state index in [1.165, 1.54) is 19.3 Å². The van der Waals surface area contributed by atoms with Crippen LogP contribution in [0.1, 0.15) is 33.1 Å². The summed E-state index contributed by atoms with van der Waals surface area (Å²) in [6, 6.07) is 0.357. The van der Waals surface area contributed by atoms with Crippen LogP contribution in [0.2, 0.25) is 0 Å². The number of rotatable bonds is 3. The number of hydrogen-bond acceptors (Lipinski definition) is 1. The van der Waals surface area contributed by atoms with Crippen LogP contribution in [0.5, 0.6) is 0 Å². The summed E-state index contributed by atoms with van der Waals surface area (Å²) < 4.78 is 0. The van der Waals surface area contributed by atoms with Gasteiger partial charge in [0.25, 0.3) is 0 Å². The van der Waals surface area contributed by atoms with Gasteiger partial charge < -0.3 is 5.73 Å². The summed E-state index contributed by atoms with van der Waals surface area (Å²) in [5.41, 5.74) is 5.79. The molecule has 0 aliphatic heterocycles. The van der Waals surface area contributed by atoms with Gasteiger partial charge in [-0.2, -0.15) is 0 Å². The molecule has 1 heteroatoms. The second-order valence-corrected chi connectivity index (χ2v) is 3.88. The van der Waals surface area contributed by atoms with E-state index in [-0.39, 0.29) is 0 Å². The number of hydrogen-bond donors (Lipinski definition) is 1. The van der Waals surface area contributed by atoms with E-state index in [0.717, 1.165) is 5.92 Å². The topological polar surface area (TPSA) is 26.0 Å². The SMILES string of the molecule is CC(N)C(C)CC1CC=CC1. The zero-order valence-electron chi connectivity index (χ0n) is 7.59. The average Bonchev–Trinajstić information content (AvgIpc) is 2.39. The molecule has 1 aliphatic carbocycles. The molecule has 11 heavy (non-hydrogen) atoms. The Bertz CT molecular complexity index is 130. The van der Waals surface area contributed by atoms with Crippen molar-refractivity contribution in [1.82, 2.24) is 0 Å². The molecule has 1 rings (SSSR count). The summed E-state index contributed by atoms with van der Waals surface area (Å²) >= 11 is 0. The first-order valence-corrected chi connectivity index (χ1v) is 4.60. The Labute approximate surface area is 69.7 Å². The molecule has 1 aliphatic rings. The lowest BCUT2D eigenvalue weighted by atomic mass is 9.90. The van der Waals surface area contributed by atoms with Crippen molar-refractivity contribution >= 4 is 0 Å². The van der Waals surface area contributed by atoms with E-state index in [4.69, 9.17) is 5.73 Å². The van der Waals surface area contributed by atoms with Crippen LogP contribution in [0.4, 0.5) is 0 Å². The molecule has 0 radical (unpaired) electrons. The largest absolute Gasteiger partial charge is 0.328 e. The molecule has 0 bridgehead atoms. The van der Waals surface area contributed by atoms with Gasteiger partial charge in [-0.3, -0.25) is 0 Å². The molecule has 0 saturated carbocycles. The van der Waals surface area contributed by atoms with Crippen LogP contribution in [-0.2, 0) is 0 Å². The maximum absolute atomic E-state index is 5.79. The molecule has 0 aromatic rings. The minimum atomic E-state index is 0.357. The molecule has 64 valence electrons. The van der Waals surface area contributed by atoms with Gasteiger partial charge in [-0.1, -0.05) is 19.1 Å². The van der Waals surface area contributed by atoms with E-state index in [1.54, 1.807) is 0 Å². The monoisotopic (exact) mass is 153 g/mol. The van der Waals surface area contributed by atoms with Crippen molar-refractivity contribution < 1.29 is 0 Å². The molecular formula is C10H19N. The first kappa shape index (κ1) is 8.79. The Morgan fingerprint density at radius 3 is 2.36 bits per heavy atom. The summed E-state index contributed by atoms with van der Waals surface area (Å²) in [7, 11) is 0. The minimum Gasteiger partial charge on any atom is -0.328 e. The summed E-state index contributed by atoms with van der Waals surface area (Å²) in [6.07, 6.45) is 8.43. The predicted molar refractivity (Wildman–Crippen MR) is 49.3 cm³/mol. The fourth-order valence-corrected chi connectivity index (χ4v) is 1.61. The van der Waals surface area contributed by atoms with Crippen LogP contribution in [0.25, 0.3) is 0 Å². The highest BCUT2D eigenvalue weighted by atomic mass is 14.6. The molecule has 0 saturated heterocycles. The molecule has 0 fully saturated rings. The Morgan fingerprint density at radius 2 is 1.91 bits per heavy atom. The van der Waals surface area contributed by atoms with Crippen LogP contribution in [0.3, 0.4) is 0 Å². The van der Waals surface area contributed by atoms with Gasteiger partial charge >= 0.3 is 0 Å². The van der Waals surface area contributed by atoms with Gasteiger partial charge in [0.15, 0.2) is 0 Å². The highest BCUT2D eigenvalue weighted by Gasteiger charge is 2.16. The summed E-state index contributed by atoms with van der Waals surface area (Å²) in [5, 5.41) is 0. The van der Waals surface area contributed by atoms with Crippen LogP contribution in [0, 0.1) is 11.8 Å².